The van der Waals surface area contributed by atoms with Gasteiger partial charge in [0, 0.05) is 38.8 Å². The number of carbonyl (C=O) groups is 1. The highest BCUT2D eigenvalue weighted by Gasteiger charge is 2.38. The molecule has 22 heavy (non-hydrogen) atoms. The number of nitrogens with one attached hydrogen (secondary N) is 1. The molecule has 3 N–H and O–H groups in total. The van der Waals surface area contributed by atoms with E-state index in [2.05, 4.69) is 5.32 Å². The maximum Gasteiger partial charge on any atom is 0.282 e. The first-order valence-corrected chi connectivity index (χ1v) is 9.61. The van der Waals surface area contributed by atoms with Crippen LogP contribution >= 0.6 is 0 Å². The van der Waals surface area contributed by atoms with E-state index in [1.807, 2.05) is 6.92 Å². The van der Waals surface area contributed by atoms with Gasteiger partial charge in [-0.25, -0.2) is 0 Å². The Morgan fingerprint density at radius 3 is 2.68 bits per heavy atom. The minimum atomic E-state index is -3.46. The standard InChI is InChI=1S/C14H28N4O3S/c1-12-5-2-3-10-18(12)22(20,21)17-9-4-6-13(11-17)14(19)16-8-7-15/h12-13H,2-11,15H2,1H3,(H,16,19). The molecule has 0 aromatic carbocycles. The molecule has 2 saturated heterocycles. The molecule has 0 aromatic rings. The molecule has 128 valence electrons. The molecule has 2 aliphatic rings. The van der Waals surface area contributed by atoms with Crippen molar-refractivity contribution in [3.05, 3.63) is 0 Å². The lowest BCUT2D eigenvalue weighted by Crippen LogP contribution is -2.53. The molecule has 2 atom stereocenters. The van der Waals surface area contributed by atoms with Gasteiger partial charge in [-0.2, -0.15) is 17.0 Å². The molecular formula is C14H28N4O3S. The van der Waals surface area contributed by atoms with E-state index in [9.17, 15) is 13.2 Å². The monoisotopic (exact) mass is 332 g/mol. The molecular weight excluding hydrogens is 304 g/mol. The van der Waals surface area contributed by atoms with Gasteiger partial charge in [-0.05, 0) is 32.6 Å². The maximum absolute atomic E-state index is 12.8. The molecule has 2 heterocycles. The highest BCUT2D eigenvalue weighted by atomic mass is 32.2. The van der Waals surface area contributed by atoms with Crippen molar-refractivity contribution in [3.63, 3.8) is 0 Å². The first-order chi connectivity index (χ1) is 10.5. The van der Waals surface area contributed by atoms with Crippen LogP contribution in [0.4, 0.5) is 0 Å². The molecule has 1 amide bonds. The fourth-order valence-corrected chi connectivity index (χ4v) is 5.21. The number of amides is 1. The van der Waals surface area contributed by atoms with Gasteiger partial charge in [0.1, 0.15) is 0 Å². The number of nitrogens with zero attached hydrogens (tertiary/aromatic N) is 2. The normalized spacial score (nSPS) is 28.5. The zero-order chi connectivity index (χ0) is 16.2. The van der Waals surface area contributed by atoms with Crippen molar-refractivity contribution in [1.29, 1.82) is 0 Å². The van der Waals surface area contributed by atoms with Crippen LogP contribution in [0.2, 0.25) is 0 Å². The van der Waals surface area contributed by atoms with Gasteiger partial charge in [0.05, 0.1) is 5.92 Å². The Kier molecular flexibility index (Phi) is 6.19. The van der Waals surface area contributed by atoms with E-state index in [1.54, 1.807) is 4.31 Å². The lowest BCUT2D eigenvalue weighted by molar-refractivity contribution is -0.126. The zero-order valence-electron chi connectivity index (χ0n) is 13.3. The molecule has 0 radical (unpaired) electrons. The number of nitrogens with two attached hydrogens (primary N) is 1. The van der Waals surface area contributed by atoms with E-state index < -0.39 is 10.2 Å². The van der Waals surface area contributed by atoms with Crippen LogP contribution in [0, 0.1) is 5.92 Å². The summed E-state index contributed by atoms with van der Waals surface area (Å²) in [6.07, 6.45) is 4.36. The van der Waals surface area contributed by atoms with E-state index >= 15 is 0 Å². The summed E-state index contributed by atoms with van der Waals surface area (Å²) in [5, 5.41) is 2.76. The average Bonchev–Trinajstić information content (AvgIpc) is 2.53. The van der Waals surface area contributed by atoms with E-state index in [4.69, 9.17) is 5.73 Å². The van der Waals surface area contributed by atoms with Crippen LogP contribution in [-0.2, 0) is 15.0 Å². The Morgan fingerprint density at radius 2 is 2.00 bits per heavy atom. The average molecular weight is 332 g/mol. The number of carbonyl (C=O) groups excluding carboxylic acids is 1. The summed E-state index contributed by atoms with van der Waals surface area (Å²) in [5.41, 5.74) is 5.39. The molecule has 0 bridgehead atoms. The molecule has 2 rings (SSSR count). The quantitative estimate of drug-likeness (QED) is 0.734. The van der Waals surface area contributed by atoms with Crippen molar-refractivity contribution in [1.82, 2.24) is 13.9 Å². The number of rotatable bonds is 5. The lowest BCUT2D eigenvalue weighted by Gasteiger charge is -2.39. The van der Waals surface area contributed by atoms with Crippen molar-refractivity contribution in [2.45, 2.75) is 45.1 Å². The fourth-order valence-electron chi connectivity index (χ4n) is 3.27. The molecule has 0 aliphatic carbocycles. The van der Waals surface area contributed by atoms with Gasteiger partial charge >= 0.3 is 0 Å². The molecule has 0 spiro atoms. The Balaban J connectivity index is 2.02. The number of hydrogen-bond acceptors (Lipinski definition) is 4. The first kappa shape index (κ1) is 17.7. The summed E-state index contributed by atoms with van der Waals surface area (Å²) >= 11 is 0. The third-order valence-corrected chi connectivity index (χ3v) is 6.68. The van der Waals surface area contributed by atoms with E-state index in [-0.39, 0.29) is 24.4 Å². The fraction of sp³-hybridized carbons (Fsp3) is 0.929. The van der Waals surface area contributed by atoms with Crippen molar-refractivity contribution in [3.8, 4) is 0 Å². The Labute approximate surface area is 133 Å². The summed E-state index contributed by atoms with van der Waals surface area (Å²) in [6, 6.07) is 0.0465. The number of hydrogen-bond donors (Lipinski definition) is 2. The summed E-state index contributed by atoms with van der Waals surface area (Å²) in [6.45, 7) is 4.17. The van der Waals surface area contributed by atoms with Crippen LogP contribution in [0.1, 0.15) is 39.0 Å². The zero-order valence-corrected chi connectivity index (χ0v) is 14.1. The molecule has 0 aromatic heterocycles. The Morgan fingerprint density at radius 1 is 1.23 bits per heavy atom. The van der Waals surface area contributed by atoms with Gasteiger partial charge in [-0.3, -0.25) is 4.79 Å². The van der Waals surface area contributed by atoms with Crippen LogP contribution in [0.5, 0.6) is 0 Å². The second-order valence-corrected chi connectivity index (χ2v) is 8.12. The van der Waals surface area contributed by atoms with Gasteiger partial charge in [-0.15, -0.1) is 0 Å². The Bertz CT molecular complexity index is 482. The Hall–Kier alpha value is -0.700. The SMILES string of the molecule is CC1CCCCN1S(=O)(=O)N1CCCC(C(=O)NCCN)C1. The summed E-state index contributed by atoms with van der Waals surface area (Å²) in [7, 11) is -3.46. The third-order valence-electron chi connectivity index (χ3n) is 4.56. The van der Waals surface area contributed by atoms with Gasteiger partial charge in [-0.1, -0.05) is 6.42 Å². The van der Waals surface area contributed by atoms with Crippen LogP contribution in [-0.4, -0.2) is 61.7 Å². The molecule has 2 unspecified atom stereocenters. The van der Waals surface area contributed by atoms with Crippen molar-refractivity contribution in [2.75, 3.05) is 32.7 Å². The maximum atomic E-state index is 12.8. The summed E-state index contributed by atoms with van der Waals surface area (Å²) in [5.74, 6) is -0.354. The lowest BCUT2D eigenvalue weighted by atomic mass is 9.99. The van der Waals surface area contributed by atoms with Crippen LogP contribution in [0.15, 0.2) is 0 Å². The summed E-state index contributed by atoms with van der Waals surface area (Å²) < 4.78 is 28.8. The highest BCUT2D eigenvalue weighted by Crippen LogP contribution is 2.26. The van der Waals surface area contributed by atoms with Crippen LogP contribution in [0.25, 0.3) is 0 Å². The largest absolute Gasteiger partial charge is 0.355 e. The molecule has 2 fully saturated rings. The second kappa shape index (κ2) is 7.72. The predicted octanol–water partition coefficient (Wildman–Crippen LogP) is -0.107. The predicted molar refractivity (Wildman–Crippen MR) is 85.3 cm³/mol. The molecule has 2 aliphatic heterocycles. The second-order valence-electron chi connectivity index (χ2n) is 6.24. The first-order valence-electron chi connectivity index (χ1n) is 8.21. The highest BCUT2D eigenvalue weighted by molar-refractivity contribution is 7.86. The van der Waals surface area contributed by atoms with Crippen LogP contribution in [0.3, 0.4) is 0 Å². The van der Waals surface area contributed by atoms with Gasteiger partial charge in [0.2, 0.25) is 5.91 Å². The van der Waals surface area contributed by atoms with Crippen LogP contribution < -0.4 is 11.1 Å². The summed E-state index contributed by atoms with van der Waals surface area (Å²) in [4.78, 5) is 12.1. The molecule has 0 saturated carbocycles. The van der Waals surface area contributed by atoms with Crippen molar-refractivity contribution >= 4 is 16.1 Å². The van der Waals surface area contributed by atoms with Gasteiger partial charge in [0.25, 0.3) is 10.2 Å². The van der Waals surface area contributed by atoms with Gasteiger partial charge in [0.15, 0.2) is 0 Å². The third kappa shape index (κ3) is 3.98. The van der Waals surface area contributed by atoms with Crippen molar-refractivity contribution in [2.24, 2.45) is 11.7 Å². The number of piperidine rings is 2. The topological polar surface area (TPSA) is 95.7 Å². The van der Waals surface area contributed by atoms with Gasteiger partial charge < -0.3 is 11.1 Å². The minimum absolute atomic E-state index is 0.0465. The van der Waals surface area contributed by atoms with Crippen molar-refractivity contribution < 1.29 is 13.2 Å². The van der Waals surface area contributed by atoms with E-state index in [1.165, 1.54) is 4.31 Å². The molecule has 7 nitrogen and oxygen atoms in total. The van der Waals surface area contributed by atoms with E-state index in [0.29, 0.717) is 26.2 Å². The van der Waals surface area contributed by atoms with E-state index in [0.717, 1.165) is 32.1 Å². The molecule has 8 heteroatoms. The smallest absolute Gasteiger partial charge is 0.282 e. The minimum Gasteiger partial charge on any atom is -0.355 e.